The van der Waals surface area contributed by atoms with Gasteiger partial charge in [0.05, 0.1) is 24.1 Å². The third-order valence-electron chi connectivity index (χ3n) is 3.58. The van der Waals surface area contributed by atoms with Gasteiger partial charge in [-0.05, 0) is 30.7 Å². The summed E-state index contributed by atoms with van der Waals surface area (Å²) in [5, 5.41) is 0. The molecule has 2 rings (SSSR count). The monoisotopic (exact) mass is 362 g/mol. The molecule has 1 amide bonds. The molecule has 0 bridgehead atoms. The standard InChI is InChI=1S/C18H22N2O4S/c1-14-8-4-7-11-17(14)24-13-12-20(2)18(21)15-9-5-6-10-16(15)19-25(3,22)23/h4-11,19H,12-13H2,1-3H3. The Labute approximate surface area is 148 Å². The van der Waals surface area contributed by atoms with E-state index >= 15 is 0 Å². The molecule has 0 saturated heterocycles. The van der Waals surface area contributed by atoms with E-state index in [1.165, 1.54) is 4.90 Å². The second-order valence-corrected chi connectivity index (χ2v) is 7.51. The Kier molecular flexibility index (Phi) is 6.03. The third kappa shape index (κ3) is 5.49. The number of aryl methyl sites for hydroxylation is 1. The number of ether oxygens (including phenoxy) is 1. The maximum Gasteiger partial charge on any atom is 0.255 e. The first-order chi connectivity index (χ1) is 11.8. The first-order valence-corrected chi connectivity index (χ1v) is 9.68. The number of likely N-dealkylation sites (N-methyl/N-ethyl adjacent to an activating group) is 1. The summed E-state index contributed by atoms with van der Waals surface area (Å²) in [6.07, 6.45) is 1.05. The number of benzene rings is 2. The van der Waals surface area contributed by atoms with Crippen LogP contribution < -0.4 is 9.46 Å². The average Bonchev–Trinajstić information content (AvgIpc) is 2.55. The quantitative estimate of drug-likeness (QED) is 0.821. The zero-order valence-electron chi connectivity index (χ0n) is 14.5. The highest BCUT2D eigenvalue weighted by Crippen LogP contribution is 2.19. The first kappa shape index (κ1) is 18.8. The summed E-state index contributed by atoms with van der Waals surface area (Å²) in [5.41, 5.74) is 1.59. The number of amides is 1. The molecule has 7 heteroatoms. The average molecular weight is 362 g/mol. The molecule has 134 valence electrons. The van der Waals surface area contributed by atoms with Gasteiger partial charge in [0, 0.05) is 7.05 Å². The zero-order valence-corrected chi connectivity index (χ0v) is 15.3. The van der Waals surface area contributed by atoms with E-state index in [0.717, 1.165) is 17.6 Å². The number of anilines is 1. The van der Waals surface area contributed by atoms with Crippen LogP contribution in [0.1, 0.15) is 15.9 Å². The molecule has 0 radical (unpaired) electrons. The Morgan fingerprint density at radius 3 is 2.44 bits per heavy atom. The molecular formula is C18H22N2O4S. The van der Waals surface area contributed by atoms with Gasteiger partial charge in [-0.25, -0.2) is 8.42 Å². The van der Waals surface area contributed by atoms with Gasteiger partial charge in [-0.1, -0.05) is 30.3 Å². The lowest BCUT2D eigenvalue weighted by Gasteiger charge is -2.19. The largest absolute Gasteiger partial charge is 0.491 e. The van der Waals surface area contributed by atoms with E-state index in [9.17, 15) is 13.2 Å². The summed E-state index contributed by atoms with van der Waals surface area (Å²) in [5.74, 6) is 0.502. The number of nitrogens with one attached hydrogen (secondary N) is 1. The molecule has 0 aliphatic rings. The van der Waals surface area contributed by atoms with Crippen LogP contribution in [-0.2, 0) is 10.0 Å². The van der Waals surface area contributed by atoms with Crippen LogP contribution in [0.5, 0.6) is 5.75 Å². The molecule has 0 saturated carbocycles. The molecule has 0 aliphatic carbocycles. The Balaban J connectivity index is 2.02. The summed E-state index contributed by atoms with van der Waals surface area (Å²) in [6.45, 7) is 2.67. The Bertz CT molecular complexity index is 850. The van der Waals surface area contributed by atoms with Crippen LogP contribution >= 0.6 is 0 Å². The van der Waals surface area contributed by atoms with Crippen molar-refractivity contribution in [1.82, 2.24) is 4.90 Å². The van der Waals surface area contributed by atoms with E-state index in [1.807, 2.05) is 31.2 Å². The lowest BCUT2D eigenvalue weighted by atomic mass is 10.1. The smallest absolute Gasteiger partial charge is 0.255 e. The predicted molar refractivity (Wildman–Crippen MR) is 98.5 cm³/mol. The van der Waals surface area contributed by atoms with Gasteiger partial charge in [-0.15, -0.1) is 0 Å². The number of sulfonamides is 1. The molecule has 0 atom stereocenters. The van der Waals surface area contributed by atoms with Gasteiger partial charge in [-0.3, -0.25) is 9.52 Å². The Hall–Kier alpha value is -2.54. The van der Waals surface area contributed by atoms with Crippen molar-refractivity contribution in [2.45, 2.75) is 6.92 Å². The third-order valence-corrected chi connectivity index (χ3v) is 4.17. The van der Waals surface area contributed by atoms with Gasteiger partial charge >= 0.3 is 0 Å². The van der Waals surface area contributed by atoms with Gasteiger partial charge in [0.1, 0.15) is 12.4 Å². The second kappa shape index (κ2) is 8.02. The molecule has 0 spiro atoms. The highest BCUT2D eigenvalue weighted by Gasteiger charge is 2.17. The number of hydrogen-bond acceptors (Lipinski definition) is 4. The summed E-state index contributed by atoms with van der Waals surface area (Å²) in [7, 11) is -1.81. The van der Waals surface area contributed by atoms with Crippen LogP contribution in [0.15, 0.2) is 48.5 Å². The molecule has 2 aromatic rings. The van der Waals surface area contributed by atoms with Crippen LogP contribution in [-0.4, -0.2) is 45.7 Å². The van der Waals surface area contributed by atoms with E-state index in [4.69, 9.17) is 4.74 Å². The lowest BCUT2D eigenvalue weighted by molar-refractivity contribution is 0.0774. The molecular weight excluding hydrogens is 340 g/mol. The van der Waals surface area contributed by atoms with Crippen LogP contribution in [0.2, 0.25) is 0 Å². The maximum atomic E-state index is 12.6. The summed E-state index contributed by atoms with van der Waals surface area (Å²) in [6, 6.07) is 14.2. The summed E-state index contributed by atoms with van der Waals surface area (Å²) >= 11 is 0. The van der Waals surface area contributed by atoms with Crippen molar-refractivity contribution in [3.8, 4) is 5.75 Å². The van der Waals surface area contributed by atoms with E-state index in [2.05, 4.69) is 4.72 Å². The summed E-state index contributed by atoms with van der Waals surface area (Å²) < 4.78 is 31.0. The van der Waals surface area contributed by atoms with Gasteiger partial charge in [0.25, 0.3) is 5.91 Å². The predicted octanol–water partition coefficient (Wildman–Crippen LogP) is 2.52. The number of carbonyl (C=O) groups excluding carboxylic acids is 1. The van der Waals surface area contributed by atoms with E-state index in [0.29, 0.717) is 18.7 Å². The van der Waals surface area contributed by atoms with Crippen LogP contribution in [0, 0.1) is 6.92 Å². The van der Waals surface area contributed by atoms with Crippen molar-refractivity contribution in [1.29, 1.82) is 0 Å². The van der Waals surface area contributed by atoms with Crippen molar-refractivity contribution in [2.75, 3.05) is 31.2 Å². The van der Waals surface area contributed by atoms with Gasteiger partial charge < -0.3 is 9.64 Å². The molecule has 2 aromatic carbocycles. The minimum Gasteiger partial charge on any atom is -0.491 e. The number of carbonyl (C=O) groups is 1. The van der Waals surface area contributed by atoms with Crippen molar-refractivity contribution >= 4 is 21.6 Å². The van der Waals surface area contributed by atoms with Crippen LogP contribution in [0.4, 0.5) is 5.69 Å². The van der Waals surface area contributed by atoms with Crippen molar-refractivity contribution in [3.05, 3.63) is 59.7 Å². The molecule has 0 fully saturated rings. The molecule has 0 heterocycles. The fourth-order valence-corrected chi connectivity index (χ4v) is 2.85. The molecule has 25 heavy (non-hydrogen) atoms. The van der Waals surface area contributed by atoms with Crippen molar-refractivity contribution in [3.63, 3.8) is 0 Å². The van der Waals surface area contributed by atoms with Gasteiger partial charge in [0.15, 0.2) is 0 Å². The number of nitrogens with zero attached hydrogens (tertiary/aromatic N) is 1. The normalized spacial score (nSPS) is 11.0. The molecule has 0 unspecified atom stereocenters. The van der Waals surface area contributed by atoms with Gasteiger partial charge in [-0.2, -0.15) is 0 Å². The second-order valence-electron chi connectivity index (χ2n) is 5.76. The van der Waals surface area contributed by atoms with E-state index < -0.39 is 10.0 Å². The number of hydrogen-bond donors (Lipinski definition) is 1. The zero-order chi connectivity index (χ0) is 18.4. The minimum absolute atomic E-state index is 0.265. The summed E-state index contributed by atoms with van der Waals surface area (Å²) in [4.78, 5) is 14.1. The molecule has 1 N–H and O–H groups in total. The molecule has 0 aromatic heterocycles. The van der Waals surface area contributed by atoms with Crippen LogP contribution in [0.3, 0.4) is 0 Å². The van der Waals surface area contributed by atoms with Crippen LogP contribution in [0.25, 0.3) is 0 Å². The topological polar surface area (TPSA) is 75.7 Å². The Morgan fingerprint density at radius 1 is 1.12 bits per heavy atom. The highest BCUT2D eigenvalue weighted by atomic mass is 32.2. The fraction of sp³-hybridized carbons (Fsp3) is 0.278. The fourth-order valence-electron chi connectivity index (χ4n) is 2.28. The van der Waals surface area contributed by atoms with Crippen molar-refractivity contribution in [2.24, 2.45) is 0 Å². The first-order valence-electron chi connectivity index (χ1n) is 7.78. The lowest BCUT2D eigenvalue weighted by Crippen LogP contribution is -2.31. The number of rotatable bonds is 7. The molecule has 6 nitrogen and oxygen atoms in total. The van der Waals surface area contributed by atoms with Gasteiger partial charge in [0.2, 0.25) is 10.0 Å². The molecule has 0 aliphatic heterocycles. The van der Waals surface area contributed by atoms with E-state index in [-0.39, 0.29) is 11.6 Å². The highest BCUT2D eigenvalue weighted by molar-refractivity contribution is 7.92. The minimum atomic E-state index is -3.46. The van der Waals surface area contributed by atoms with Crippen molar-refractivity contribution < 1.29 is 17.9 Å². The SMILES string of the molecule is Cc1ccccc1OCCN(C)C(=O)c1ccccc1NS(C)(=O)=O. The number of para-hydroxylation sites is 2. The van der Waals surface area contributed by atoms with E-state index in [1.54, 1.807) is 31.3 Å². The maximum absolute atomic E-state index is 12.6. The Morgan fingerprint density at radius 2 is 1.76 bits per heavy atom.